The van der Waals surface area contributed by atoms with Crippen LogP contribution in [0.3, 0.4) is 0 Å². The smallest absolute Gasteiger partial charge is 0.312 e. The van der Waals surface area contributed by atoms with Gasteiger partial charge >= 0.3 is 5.97 Å². The summed E-state index contributed by atoms with van der Waals surface area (Å²) < 4.78 is 13.8. The zero-order valence-electron chi connectivity index (χ0n) is 7.51. The molecule has 1 rings (SSSR count). The van der Waals surface area contributed by atoms with Gasteiger partial charge in [0.1, 0.15) is 5.82 Å². The quantitative estimate of drug-likeness (QED) is 0.842. The van der Waals surface area contributed by atoms with E-state index >= 15 is 0 Å². The van der Waals surface area contributed by atoms with Crippen molar-refractivity contribution in [2.24, 2.45) is 5.73 Å². The van der Waals surface area contributed by atoms with E-state index in [0.29, 0.717) is 4.47 Å². The van der Waals surface area contributed by atoms with E-state index in [1.807, 2.05) is 0 Å². The highest BCUT2D eigenvalue weighted by Gasteiger charge is 2.25. The number of rotatable bonds is 3. The molecule has 0 bridgehead atoms. The van der Waals surface area contributed by atoms with Gasteiger partial charge in [-0.2, -0.15) is 0 Å². The van der Waals surface area contributed by atoms with Crippen LogP contribution in [-0.2, 0) is 4.79 Å². The predicted molar refractivity (Wildman–Crippen MR) is 58.5 cm³/mol. The van der Waals surface area contributed by atoms with Crippen molar-refractivity contribution < 1.29 is 14.3 Å². The SMILES string of the molecule is NCC(C(=O)O)c1c(F)ccc(Br)c1Cl. The standard InChI is InChI=1S/C9H8BrClFNO2/c10-5-1-2-6(12)7(8(5)11)4(3-13)9(14)15/h1-2,4H,3,13H2,(H,14,15). The first-order valence-corrected chi connectivity index (χ1v) is 5.22. The molecule has 0 aliphatic heterocycles. The molecule has 0 aliphatic carbocycles. The maximum absolute atomic E-state index is 13.4. The van der Waals surface area contributed by atoms with Crippen molar-refractivity contribution in [2.75, 3.05) is 6.54 Å². The third kappa shape index (κ3) is 2.48. The van der Waals surface area contributed by atoms with E-state index in [2.05, 4.69) is 15.9 Å². The highest BCUT2D eigenvalue weighted by molar-refractivity contribution is 9.10. The molecule has 0 saturated heterocycles. The highest BCUT2D eigenvalue weighted by atomic mass is 79.9. The molecule has 1 unspecified atom stereocenters. The average molecular weight is 297 g/mol. The molecular formula is C9H8BrClFNO2. The molecule has 0 fully saturated rings. The Morgan fingerprint density at radius 2 is 2.27 bits per heavy atom. The van der Waals surface area contributed by atoms with Crippen molar-refractivity contribution in [1.82, 2.24) is 0 Å². The number of halogens is 3. The van der Waals surface area contributed by atoms with E-state index in [9.17, 15) is 9.18 Å². The largest absolute Gasteiger partial charge is 0.481 e. The van der Waals surface area contributed by atoms with Crippen molar-refractivity contribution in [3.8, 4) is 0 Å². The van der Waals surface area contributed by atoms with Crippen LogP contribution in [0.4, 0.5) is 4.39 Å². The Morgan fingerprint density at radius 1 is 1.67 bits per heavy atom. The van der Waals surface area contributed by atoms with Gasteiger partial charge in [-0.1, -0.05) is 11.6 Å². The lowest BCUT2D eigenvalue weighted by Crippen LogP contribution is -2.22. The van der Waals surface area contributed by atoms with Crippen molar-refractivity contribution in [3.63, 3.8) is 0 Å². The lowest BCUT2D eigenvalue weighted by Gasteiger charge is -2.13. The van der Waals surface area contributed by atoms with Crippen LogP contribution in [0.5, 0.6) is 0 Å². The molecule has 0 heterocycles. The minimum atomic E-state index is -1.20. The molecular weight excluding hydrogens is 288 g/mol. The Balaban J connectivity index is 3.34. The van der Waals surface area contributed by atoms with Crippen molar-refractivity contribution in [3.05, 3.63) is 33.0 Å². The maximum atomic E-state index is 13.4. The van der Waals surface area contributed by atoms with Crippen LogP contribution in [0.15, 0.2) is 16.6 Å². The molecule has 0 aliphatic rings. The van der Waals surface area contributed by atoms with Crippen LogP contribution in [-0.4, -0.2) is 17.6 Å². The Morgan fingerprint density at radius 3 is 2.73 bits per heavy atom. The first-order valence-electron chi connectivity index (χ1n) is 4.05. The Labute approximate surface area is 99.2 Å². The van der Waals surface area contributed by atoms with Crippen LogP contribution < -0.4 is 5.73 Å². The Bertz CT molecular complexity index is 400. The second-order valence-electron chi connectivity index (χ2n) is 2.88. The molecule has 0 radical (unpaired) electrons. The summed E-state index contributed by atoms with van der Waals surface area (Å²) in [4.78, 5) is 10.8. The van der Waals surface area contributed by atoms with Crippen LogP contribution in [0.25, 0.3) is 0 Å². The van der Waals surface area contributed by atoms with E-state index in [0.717, 1.165) is 6.07 Å². The minimum absolute atomic E-state index is 0.0489. The Kier molecular flexibility index (Phi) is 4.07. The number of hydrogen-bond donors (Lipinski definition) is 2. The second kappa shape index (κ2) is 4.92. The molecule has 0 aromatic heterocycles. The van der Waals surface area contributed by atoms with E-state index in [4.69, 9.17) is 22.4 Å². The molecule has 0 spiro atoms. The number of nitrogens with two attached hydrogens (primary N) is 1. The average Bonchev–Trinajstić information content (AvgIpc) is 2.18. The zero-order valence-corrected chi connectivity index (χ0v) is 9.85. The molecule has 3 nitrogen and oxygen atoms in total. The van der Waals surface area contributed by atoms with Gasteiger partial charge in [0.05, 0.1) is 10.9 Å². The number of carboxylic acids is 1. The lowest BCUT2D eigenvalue weighted by molar-refractivity contribution is -0.138. The van der Waals surface area contributed by atoms with Gasteiger partial charge in [0.2, 0.25) is 0 Å². The van der Waals surface area contributed by atoms with Gasteiger partial charge in [-0.25, -0.2) is 4.39 Å². The van der Waals surface area contributed by atoms with Gasteiger partial charge in [-0.05, 0) is 28.1 Å². The molecule has 1 aromatic carbocycles. The van der Waals surface area contributed by atoms with Crippen LogP contribution in [0.1, 0.15) is 11.5 Å². The van der Waals surface area contributed by atoms with Gasteiger partial charge < -0.3 is 10.8 Å². The topological polar surface area (TPSA) is 63.3 Å². The third-order valence-electron chi connectivity index (χ3n) is 1.96. The first kappa shape index (κ1) is 12.4. The van der Waals surface area contributed by atoms with Gasteiger partial charge in [-0.15, -0.1) is 0 Å². The summed E-state index contributed by atoms with van der Waals surface area (Å²) in [6.45, 7) is -0.206. The second-order valence-corrected chi connectivity index (χ2v) is 4.12. The molecule has 82 valence electrons. The molecule has 0 saturated carbocycles. The summed E-state index contributed by atoms with van der Waals surface area (Å²) in [6, 6.07) is 2.56. The zero-order chi connectivity index (χ0) is 11.6. The molecule has 15 heavy (non-hydrogen) atoms. The van der Waals surface area contributed by atoms with E-state index < -0.39 is 17.7 Å². The number of aliphatic carboxylic acids is 1. The van der Waals surface area contributed by atoms with E-state index in [1.165, 1.54) is 6.07 Å². The number of benzene rings is 1. The molecule has 1 atom stereocenters. The molecule has 6 heteroatoms. The number of carbonyl (C=O) groups is 1. The molecule has 3 N–H and O–H groups in total. The van der Waals surface area contributed by atoms with Gasteiger partial charge in [0.25, 0.3) is 0 Å². The Hall–Kier alpha value is -0.650. The van der Waals surface area contributed by atoms with E-state index in [1.54, 1.807) is 0 Å². The molecule has 1 aromatic rings. The van der Waals surface area contributed by atoms with Crippen LogP contribution in [0.2, 0.25) is 5.02 Å². The van der Waals surface area contributed by atoms with Crippen LogP contribution in [0, 0.1) is 5.82 Å². The summed E-state index contributed by atoms with van der Waals surface area (Å²) in [7, 11) is 0. The fraction of sp³-hybridized carbons (Fsp3) is 0.222. The predicted octanol–water partition coefficient (Wildman–Crippen LogP) is 2.37. The highest BCUT2D eigenvalue weighted by Crippen LogP contribution is 2.33. The fourth-order valence-electron chi connectivity index (χ4n) is 1.20. The fourth-order valence-corrected chi connectivity index (χ4v) is 1.84. The van der Waals surface area contributed by atoms with Crippen molar-refractivity contribution >= 4 is 33.5 Å². The van der Waals surface area contributed by atoms with Gasteiger partial charge in [0.15, 0.2) is 0 Å². The monoisotopic (exact) mass is 295 g/mol. The normalized spacial score (nSPS) is 12.5. The number of carboxylic acid groups (broad SMARTS) is 1. The lowest BCUT2D eigenvalue weighted by atomic mass is 9.99. The molecule has 0 amide bonds. The van der Waals surface area contributed by atoms with Gasteiger partial charge in [-0.3, -0.25) is 4.79 Å². The summed E-state index contributed by atoms with van der Waals surface area (Å²) in [5.41, 5.74) is 5.19. The summed E-state index contributed by atoms with van der Waals surface area (Å²) in [5, 5.41) is 8.89. The van der Waals surface area contributed by atoms with Crippen molar-refractivity contribution in [1.29, 1.82) is 0 Å². The minimum Gasteiger partial charge on any atom is -0.481 e. The first-order chi connectivity index (χ1) is 6.99. The third-order valence-corrected chi connectivity index (χ3v) is 3.26. The summed E-state index contributed by atoms with van der Waals surface area (Å²) in [6.07, 6.45) is 0. The van der Waals surface area contributed by atoms with E-state index in [-0.39, 0.29) is 17.1 Å². The van der Waals surface area contributed by atoms with Crippen molar-refractivity contribution in [2.45, 2.75) is 5.92 Å². The summed E-state index contributed by atoms with van der Waals surface area (Å²) >= 11 is 8.90. The maximum Gasteiger partial charge on any atom is 0.312 e. The van der Waals surface area contributed by atoms with Gasteiger partial charge in [0, 0.05) is 16.6 Å². The number of hydrogen-bond acceptors (Lipinski definition) is 2. The van der Waals surface area contributed by atoms with Crippen LogP contribution >= 0.6 is 27.5 Å². The summed E-state index contributed by atoms with van der Waals surface area (Å²) in [5.74, 6) is -2.99.